The zero-order valence-corrected chi connectivity index (χ0v) is 23.2. The van der Waals surface area contributed by atoms with Gasteiger partial charge in [0.1, 0.15) is 22.8 Å². The number of phenols is 1. The zero-order valence-electron chi connectivity index (χ0n) is 23.2. The summed E-state index contributed by atoms with van der Waals surface area (Å²) in [5.74, 6) is -8.86. The number of amides is 1. The Balaban J connectivity index is 1.76. The quantitative estimate of drug-likeness (QED) is 0.331. The molecule has 1 amide bonds. The van der Waals surface area contributed by atoms with Crippen LogP contribution in [0.2, 0.25) is 0 Å². The highest BCUT2D eigenvalue weighted by atomic mass is 19.4. The number of rotatable bonds is 2. The van der Waals surface area contributed by atoms with Crippen LogP contribution in [0.25, 0.3) is 0 Å². The van der Waals surface area contributed by atoms with E-state index in [2.05, 4.69) is 0 Å². The van der Waals surface area contributed by atoms with Crippen LogP contribution in [0.1, 0.15) is 59.8 Å². The molecule has 41 heavy (non-hydrogen) atoms. The largest absolute Gasteiger partial charge is 0.510 e. The summed E-state index contributed by atoms with van der Waals surface area (Å²) in [6.07, 6.45) is -5.60. The molecule has 4 aliphatic rings. The molecule has 1 aromatic carbocycles. The first-order valence-electron chi connectivity index (χ1n) is 13.1. The number of carbonyl (C=O) groups is 3. The molecule has 0 saturated heterocycles. The fraction of sp³-hybridized carbons (Fsp3) is 0.536. The number of carbonyl (C=O) groups excluding carboxylic acids is 3. The second-order valence-corrected chi connectivity index (χ2v) is 12.5. The molecular formula is C28H32F3N3O7. The number of primary amides is 1. The summed E-state index contributed by atoms with van der Waals surface area (Å²) in [5.41, 5.74) is -1.79. The van der Waals surface area contributed by atoms with Crippen LogP contribution in [0.15, 0.2) is 22.7 Å². The molecule has 1 aliphatic heterocycles. The number of aliphatic hydroxyl groups excluding tert-OH is 2. The van der Waals surface area contributed by atoms with E-state index in [9.17, 15) is 48.0 Å². The summed E-state index contributed by atoms with van der Waals surface area (Å²) in [6.45, 7) is 5.29. The van der Waals surface area contributed by atoms with Crippen molar-refractivity contribution >= 4 is 17.5 Å². The number of allylic oxidation sites excluding steroid dienone is 1. The lowest BCUT2D eigenvalue weighted by Crippen LogP contribution is -2.63. The molecule has 10 nitrogen and oxygen atoms in total. The van der Waals surface area contributed by atoms with Crippen molar-refractivity contribution in [3.63, 3.8) is 0 Å². The molecule has 4 atom stereocenters. The van der Waals surface area contributed by atoms with Gasteiger partial charge in [0, 0.05) is 35.7 Å². The van der Waals surface area contributed by atoms with Crippen LogP contribution >= 0.6 is 0 Å². The average Bonchev–Trinajstić information content (AvgIpc) is 3.26. The minimum absolute atomic E-state index is 0.0458. The van der Waals surface area contributed by atoms with Crippen molar-refractivity contribution in [2.45, 2.75) is 70.1 Å². The van der Waals surface area contributed by atoms with Gasteiger partial charge in [0.05, 0.1) is 17.2 Å². The van der Waals surface area contributed by atoms with Gasteiger partial charge in [0.15, 0.2) is 11.4 Å². The van der Waals surface area contributed by atoms with E-state index in [0.29, 0.717) is 0 Å². The third-order valence-electron chi connectivity index (χ3n) is 9.04. The minimum atomic E-state index is -4.88. The number of halogens is 3. The maximum atomic E-state index is 14.7. The van der Waals surface area contributed by atoms with Crippen LogP contribution < -0.4 is 5.73 Å². The summed E-state index contributed by atoms with van der Waals surface area (Å²) >= 11 is 0. The van der Waals surface area contributed by atoms with Crippen LogP contribution in [0, 0.1) is 11.8 Å². The number of aliphatic hydroxyl groups is 3. The van der Waals surface area contributed by atoms with E-state index in [1.54, 1.807) is 4.90 Å². The summed E-state index contributed by atoms with van der Waals surface area (Å²) in [6, 6.07) is -1.24. The predicted octanol–water partition coefficient (Wildman–Crippen LogP) is 2.25. The number of benzene rings is 1. The number of phenolic OH excluding ortho intramolecular Hbond substituents is 1. The van der Waals surface area contributed by atoms with Gasteiger partial charge in [-0.2, -0.15) is 13.2 Å². The Labute approximate surface area is 233 Å². The number of fused-ring (bicyclic) bond motifs is 4. The molecule has 3 aliphatic carbocycles. The first-order chi connectivity index (χ1) is 18.7. The molecule has 1 aromatic rings. The molecule has 1 unspecified atom stereocenters. The maximum Gasteiger partial charge on any atom is 0.417 e. The Hall–Kier alpha value is -3.42. The lowest BCUT2D eigenvalue weighted by atomic mass is 9.58. The number of ketones is 2. The topological polar surface area (TPSA) is 165 Å². The molecule has 222 valence electrons. The Bertz CT molecular complexity index is 1490. The molecular weight excluding hydrogens is 547 g/mol. The van der Waals surface area contributed by atoms with Gasteiger partial charge in [-0.25, -0.2) is 0 Å². The van der Waals surface area contributed by atoms with E-state index in [0.717, 1.165) is 0 Å². The second kappa shape index (κ2) is 8.79. The molecule has 0 bridgehead atoms. The van der Waals surface area contributed by atoms with E-state index in [-0.39, 0.29) is 30.6 Å². The van der Waals surface area contributed by atoms with Crippen LogP contribution in [0.4, 0.5) is 13.2 Å². The van der Waals surface area contributed by atoms with E-state index < -0.39 is 104 Å². The van der Waals surface area contributed by atoms with Crippen LogP contribution in [0.3, 0.4) is 0 Å². The van der Waals surface area contributed by atoms with Crippen molar-refractivity contribution in [2.24, 2.45) is 17.6 Å². The van der Waals surface area contributed by atoms with Crippen molar-refractivity contribution in [1.82, 2.24) is 9.80 Å². The molecule has 0 spiro atoms. The standard InChI is InChI=1S/C28H32F3N3O7/c1-26(2,3)34-8-12-13(9-34)20(35)16-11(18(12)28(29,30)31)6-10-7-14-19(33(4)5)22(37)17(25(32)40)24(39)27(14,41)23(38)15(10)21(16)36/h10,14,19,35,37-38,41H,6-9H2,1-5H3,(H2,32,40)/t10-,14-,19-,27?/m0/s1. The van der Waals surface area contributed by atoms with Gasteiger partial charge in [-0.3, -0.25) is 24.2 Å². The van der Waals surface area contributed by atoms with Gasteiger partial charge in [0.25, 0.3) is 5.91 Å². The molecule has 5 rings (SSSR count). The number of aromatic hydroxyl groups is 1. The number of hydrogen-bond donors (Lipinski definition) is 5. The minimum Gasteiger partial charge on any atom is -0.510 e. The fourth-order valence-electron chi connectivity index (χ4n) is 7.09. The highest BCUT2D eigenvalue weighted by Gasteiger charge is 2.63. The normalized spacial score (nSPS) is 28.6. The van der Waals surface area contributed by atoms with Crippen molar-refractivity contribution in [3.05, 3.63) is 50.5 Å². The summed E-state index contributed by atoms with van der Waals surface area (Å²) < 4.78 is 44.1. The van der Waals surface area contributed by atoms with Gasteiger partial charge < -0.3 is 26.2 Å². The molecule has 0 saturated carbocycles. The summed E-state index contributed by atoms with van der Waals surface area (Å²) in [4.78, 5) is 42.5. The first kappa shape index (κ1) is 29.1. The maximum absolute atomic E-state index is 14.7. The van der Waals surface area contributed by atoms with Crippen LogP contribution in [-0.2, 0) is 35.3 Å². The van der Waals surface area contributed by atoms with E-state index in [1.165, 1.54) is 19.0 Å². The Kier molecular flexibility index (Phi) is 6.24. The first-order valence-corrected chi connectivity index (χ1v) is 13.1. The number of alkyl halides is 3. The fourth-order valence-corrected chi connectivity index (χ4v) is 7.09. The third kappa shape index (κ3) is 3.85. The smallest absolute Gasteiger partial charge is 0.417 e. The van der Waals surface area contributed by atoms with Crippen molar-refractivity contribution < 1.29 is 48.0 Å². The Morgan fingerprint density at radius 2 is 1.63 bits per heavy atom. The molecule has 13 heteroatoms. The number of hydrogen-bond acceptors (Lipinski definition) is 9. The summed E-state index contributed by atoms with van der Waals surface area (Å²) in [5, 5.41) is 45.1. The number of Topliss-reactive ketones (excluding diaryl/α,β-unsaturated/α-hetero) is 2. The number of likely N-dealkylation sites (N-methyl/N-ethyl adjacent to an activating group) is 1. The highest BCUT2D eigenvalue weighted by Crippen LogP contribution is 2.55. The van der Waals surface area contributed by atoms with E-state index in [1.807, 2.05) is 20.8 Å². The predicted molar refractivity (Wildman–Crippen MR) is 138 cm³/mol. The van der Waals surface area contributed by atoms with Gasteiger partial charge >= 0.3 is 6.18 Å². The summed E-state index contributed by atoms with van der Waals surface area (Å²) in [7, 11) is 2.94. The van der Waals surface area contributed by atoms with E-state index in [4.69, 9.17) is 5.73 Å². The van der Waals surface area contributed by atoms with Crippen molar-refractivity contribution in [1.29, 1.82) is 0 Å². The van der Waals surface area contributed by atoms with Crippen LogP contribution in [-0.4, -0.2) is 79.0 Å². The SMILES string of the molecule is CN(C)[C@@H]1C(O)=C(C(N)=O)C(=O)C2(O)C(O)=C3C(=O)c4c(O)c5c(c(C(F)(F)F)c4C[C@H]3C[C@@H]12)CN(C(C)(C)C)C5. The van der Waals surface area contributed by atoms with Gasteiger partial charge in [0.2, 0.25) is 5.78 Å². The molecule has 6 N–H and O–H groups in total. The lowest BCUT2D eigenvalue weighted by molar-refractivity contribution is -0.148. The highest BCUT2D eigenvalue weighted by molar-refractivity contribution is 6.24. The molecule has 0 radical (unpaired) electrons. The number of nitrogens with zero attached hydrogens (tertiary/aromatic N) is 2. The van der Waals surface area contributed by atoms with Gasteiger partial charge in [-0.15, -0.1) is 0 Å². The van der Waals surface area contributed by atoms with Crippen molar-refractivity contribution in [2.75, 3.05) is 14.1 Å². The van der Waals surface area contributed by atoms with Gasteiger partial charge in [-0.1, -0.05) is 0 Å². The van der Waals surface area contributed by atoms with Crippen molar-refractivity contribution in [3.8, 4) is 5.75 Å². The third-order valence-corrected chi connectivity index (χ3v) is 9.04. The molecule has 0 aromatic heterocycles. The Morgan fingerprint density at radius 1 is 1.05 bits per heavy atom. The van der Waals surface area contributed by atoms with Crippen LogP contribution in [0.5, 0.6) is 5.75 Å². The second-order valence-electron chi connectivity index (χ2n) is 12.5. The molecule has 1 heterocycles. The monoisotopic (exact) mass is 579 g/mol. The van der Waals surface area contributed by atoms with E-state index >= 15 is 0 Å². The average molecular weight is 580 g/mol. The number of nitrogens with two attached hydrogens (primary N) is 1. The zero-order chi connectivity index (χ0) is 30.7. The van der Waals surface area contributed by atoms with Gasteiger partial charge in [-0.05, 0) is 64.8 Å². The molecule has 0 fully saturated rings. The lowest BCUT2D eigenvalue weighted by Gasteiger charge is -2.50. The Morgan fingerprint density at radius 3 is 2.15 bits per heavy atom.